The van der Waals surface area contributed by atoms with E-state index >= 15 is 0 Å². The molecule has 0 bridgehead atoms. The zero-order chi connectivity index (χ0) is 29.7. The van der Waals surface area contributed by atoms with Gasteiger partial charge in [0.1, 0.15) is 18.3 Å². The molecule has 0 aliphatic carbocycles. The second kappa shape index (κ2) is 12.9. The van der Waals surface area contributed by atoms with E-state index in [9.17, 15) is 18.0 Å². The Morgan fingerprint density at radius 2 is 1.52 bits per heavy atom. The van der Waals surface area contributed by atoms with Gasteiger partial charge in [-0.3, -0.25) is 13.9 Å². The van der Waals surface area contributed by atoms with Gasteiger partial charge in [-0.05, 0) is 88.7 Å². The zero-order valence-corrected chi connectivity index (χ0v) is 26.0. The fourth-order valence-electron chi connectivity index (χ4n) is 3.96. The summed E-state index contributed by atoms with van der Waals surface area (Å²) < 4.78 is 34.8. The quantitative estimate of drug-likeness (QED) is 0.329. The molecule has 3 rings (SSSR count). The summed E-state index contributed by atoms with van der Waals surface area (Å²) >= 11 is 3.38. The van der Waals surface area contributed by atoms with Crippen LogP contribution in [0.4, 0.5) is 5.69 Å². The summed E-state index contributed by atoms with van der Waals surface area (Å²) in [5, 5.41) is 2.92. The van der Waals surface area contributed by atoms with Gasteiger partial charge in [0.2, 0.25) is 11.8 Å². The fourth-order valence-corrected chi connectivity index (χ4v) is 5.64. The molecule has 0 spiro atoms. The van der Waals surface area contributed by atoms with E-state index in [1.807, 2.05) is 39.8 Å². The fraction of sp³-hybridized carbons (Fsp3) is 0.333. The van der Waals surface area contributed by atoms with Crippen molar-refractivity contribution in [3.05, 3.63) is 88.4 Å². The Hall–Kier alpha value is -3.37. The maximum absolute atomic E-state index is 14.0. The average Bonchev–Trinajstić information content (AvgIpc) is 2.90. The Balaban J connectivity index is 2.02. The molecular formula is C30H36BrN3O5S. The number of halogens is 1. The van der Waals surface area contributed by atoms with Crippen molar-refractivity contribution in [2.45, 2.75) is 57.6 Å². The van der Waals surface area contributed by atoms with Gasteiger partial charge in [-0.15, -0.1) is 0 Å². The SMILES string of the molecule is COc1ccc(CN(C(=O)CN(c2ccc(Br)cc2)S(=O)(=O)c2ccc(C)cc2)C(C)C(=O)NC(C)(C)C)cc1. The summed E-state index contributed by atoms with van der Waals surface area (Å²) in [6.45, 7) is 8.68. The van der Waals surface area contributed by atoms with Crippen LogP contribution >= 0.6 is 15.9 Å². The number of methoxy groups -OCH3 is 1. The molecule has 1 unspecified atom stereocenters. The van der Waals surface area contributed by atoms with Crippen molar-refractivity contribution >= 4 is 43.5 Å². The molecule has 1 N–H and O–H groups in total. The molecule has 0 saturated carbocycles. The van der Waals surface area contributed by atoms with Crippen molar-refractivity contribution in [2.75, 3.05) is 18.0 Å². The minimum atomic E-state index is -4.12. The van der Waals surface area contributed by atoms with Gasteiger partial charge in [0, 0.05) is 16.6 Å². The van der Waals surface area contributed by atoms with Gasteiger partial charge in [-0.25, -0.2) is 8.42 Å². The molecule has 0 aliphatic rings. The van der Waals surface area contributed by atoms with Crippen LogP contribution in [-0.4, -0.2) is 50.4 Å². The predicted molar refractivity (Wildman–Crippen MR) is 161 cm³/mol. The first-order chi connectivity index (χ1) is 18.7. The first-order valence-electron chi connectivity index (χ1n) is 12.8. The van der Waals surface area contributed by atoms with Crippen LogP contribution in [-0.2, 0) is 26.2 Å². The first kappa shape index (κ1) is 31.2. The first-order valence-corrected chi connectivity index (χ1v) is 15.0. The Kier molecular flexibility index (Phi) is 10.0. The van der Waals surface area contributed by atoms with Gasteiger partial charge < -0.3 is 15.0 Å². The summed E-state index contributed by atoms with van der Waals surface area (Å²) in [5.74, 6) is -0.206. The lowest BCUT2D eigenvalue weighted by Crippen LogP contribution is -2.54. The van der Waals surface area contributed by atoms with Gasteiger partial charge in [0.15, 0.2) is 0 Å². The normalized spacial score (nSPS) is 12.4. The highest BCUT2D eigenvalue weighted by Gasteiger charge is 2.33. The molecule has 0 aromatic heterocycles. The average molecular weight is 631 g/mol. The third kappa shape index (κ3) is 8.08. The van der Waals surface area contributed by atoms with E-state index in [-0.39, 0.29) is 17.3 Å². The number of anilines is 1. The molecule has 1 atom stereocenters. The smallest absolute Gasteiger partial charge is 0.264 e. The Bertz CT molecular complexity index is 1420. The minimum Gasteiger partial charge on any atom is -0.497 e. The van der Waals surface area contributed by atoms with Crippen molar-refractivity contribution in [2.24, 2.45) is 0 Å². The molecule has 10 heteroatoms. The number of aryl methyl sites for hydroxylation is 1. The van der Waals surface area contributed by atoms with Crippen LogP contribution in [0.25, 0.3) is 0 Å². The van der Waals surface area contributed by atoms with E-state index in [1.54, 1.807) is 62.6 Å². The van der Waals surface area contributed by atoms with Crippen LogP contribution in [0.1, 0.15) is 38.8 Å². The summed E-state index contributed by atoms with van der Waals surface area (Å²) in [6.07, 6.45) is 0. The number of ether oxygens (including phenoxy) is 1. The molecule has 0 saturated heterocycles. The maximum atomic E-state index is 14.0. The topological polar surface area (TPSA) is 96.0 Å². The highest BCUT2D eigenvalue weighted by Crippen LogP contribution is 2.26. The number of sulfonamides is 1. The molecule has 0 heterocycles. The van der Waals surface area contributed by atoms with E-state index in [4.69, 9.17) is 4.74 Å². The maximum Gasteiger partial charge on any atom is 0.264 e. The lowest BCUT2D eigenvalue weighted by molar-refractivity contribution is -0.140. The van der Waals surface area contributed by atoms with Crippen molar-refractivity contribution in [1.29, 1.82) is 0 Å². The lowest BCUT2D eigenvalue weighted by atomic mass is 10.1. The van der Waals surface area contributed by atoms with Gasteiger partial charge in [-0.1, -0.05) is 45.8 Å². The van der Waals surface area contributed by atoms with Crippen molar-refractivity contribution in [3.8, 4) is 5.75 Å². The summed E-state index contributed by atoms with van der Waals surface area (Å²) in [7, 11) is -2.55. The standard InChI is InChI=1S/C30H36BrN3O5S/c1-21-7-17-27(18-8-21)40(37,38)34(25-13-11-24(31)12-14-25)20-28(35)33(22(2)29(36)32-30(3,4)5)19-23-9-15-26(39-6)16-10-23/h7-18,22H,19-20H2,1-6H3,(H,32,36). The molecule has 8 nitrogen and oxygen atoms in total. The number of carbonyl (C=O) groups is 2. The number of hydrogen-bond acceptors (Lipinski definition) is 5. The molecule has 0 radical (unpaired) electrons. The molecule has 0 aliphatic heterocycles. The van der Waals surface area contributed by atoms with E-state index in [0.717, 1.165) is 19.9 Å². The predicted octanol–water partition coefficient (Wildman–Crippen LogP) is 5.29. The third-order valence-corrected chi connectivity index (χ3v) is 8.50. The van der Waals surface area contributed by atoms with Gasteiger partial charge in [0.25, 0.3) is 10.0 Å². The van der Waals surface area contributed by atoms with Crippen LogP contribution in [0, 0.1) is 6.92 Å². The van der Waals surface area contributed by atoms with Crippen LogP contribution in [0.2, 0.25) is 0 Å². The van der Waals surface area contributed by atoms with E-state index in [1.165, 1.54) is 17.0 Å². The van der Waals surface area contributed by atoms with Crippen LogP contribution < -0.4 is 14.4 Å². The van der Waals surface area contributed by atoms with Crippen molar-refractivity contribution in [1.82, 2.24) is 10.2 Å². The Labute approximate surface area is 245 Å². The van der Waals surface area contributed by atoms with Gasteiger partial charge in [-0.2, -0.15) is 0 Å². The van der Waals surface area contributed by atoms with Crippen molar-refractivity contribution in [3.63, 3.8) is 0 Å². The Morgan fingerprint density at radius 3 is 2.05 bits per heavy atom. The van der Waals surface area contributed by atoms with Crippen molar-refractivity contribution < 1.29 is 22.7 Å². The molecule has 2 amide bonds. The third-order valence-electron chi connectivity index (χ3n) is 6.18. The van der Waals surface area contributed by atoms with Crippen LogP contribution in [0.3, 0.4) is 0 Å². The summed E-state index contributed by atoms with van der Waals surface area (Å²) in [5.41, 5.74) is 1.49. The highest BCUT2D eigenvalue weighted by molar-refractivity contribution is 9.10. The lowest BCUT2D eigenvalue weighted by Gasteiger charge is -2.33. The number of rotatable bonds is 10. The van der Waals surface area contributed by atoms with Crippen LogP contribution in [0.5, 0.6) is 5.75 Å². The number of amides is 2. The van der Waals surface area contributed by atoms with Crippen LogP contribution in [0.15, 0.2) is 82.2 Å². The van der Waals surface area contributed by atoms with Gasteiger partial charge >= 0.3 is 0 Å². The van der Waals surface area contributed by atoms with E-state index in [2.05, 4.69) is 21.2 Å². The van der Waals surface area contributed by atoms with E-state index < -0.39 is 34.1 Å². The number of benzene rings is 3. The molecule has 40 heavy (non-hydrogen) atoms. The zero-order valence-electron chi connectivity index (χ0n) is 23.6. The Morgan fingerprint density at radius 1 is 0.950 bits per heavy atom. The molecular weight excluding hydrogens is 594 g/mol. The second-order valence-corrected chi connectivity index (χ2v) is 13.4. The van der Waals surface area contributed by atoms with E-state index in [0.29, 0.717) is 11.4 Å². The highest BCUT2D eigenvalue weighted by atomic mass is 79.9. The number of nitrogens with one attached hydrogen (secondary N) is 1. The summed E-state index contributed by atoms with van der Waals surface area (Å²) in [4.78, 5) is 28.6. The number of hydrogen-bond donors (Lipinski definition) is 1. The number of carbonyl (C=O) groups excluding carboxylic acids is 2. The van der Waals surface area contributed by atoms with Gasteiger partial charge in [0.05, 0.1) is 17.7 Å². The summed E-state index contributed by atoms with van der Waals surface area (Å²) in [6, 6.07) is 19.4. The largest absolute Gasteiger partial charge is 0.497 e. The molecule has 3 aromatic rings. The number of nitrogens with zero attached hydrogens (tertiary/aromatic N) is 2. The minimum absolute atomic E-state index is 0.0639. The second-order valence-electron chi connectivity index (χ2n) is 10.6. The molecule has 214 valence electrons. The molecule has 0 fully saturated rings. The monoisotopic (exact) mass is 629 g/mol. The molecule has 3 aromatic carbocycles.